The summed E-state index contributed by atoms with van der Waals surface area (Å²) in [6.07, 6.45) is 3.06. The molecule has 0 atom stereocenters. The van der Waals surface area contributed by atoms with E-state index in [0.717, 1.165) is 0 Å². The zero-order chi connectivity index (χ0) is 9.19. The molecule has 2 nitrogen and oxygen atoms in total. The molecular formula is C6H7BF3KN2. The fourth-order valence-electron chi connectivity index (χ4n) is 0.716. The molecule has 1 heterocycles. The van der Waals surface area contributed by atoms with E-state index in [-0.39, 0.29) is 51.4 Å². The van der Waals surface area contributed by atoms with Crippen molar-refractivity contribution in [1.29, 1.82) is 0 Å². The third kappa shape index (κ3) is 4.07. The van der Waals surface area contributed by atoms with Gasteiger partial charge in [0.25, 0.3) is 0 Å². The first-order valence-corrected chi connectivity index (χ1v) is 3.54. The number of aryl methyl sites for hydroxylation is 1. The molecule has 0 aliphatic carbocycles. The van der Waals surface area contributed by atoms with Crippen LogP contribution in [-0.2, 0) is 6.42 Å². The Morgan fingerprint density at radius 1 is 1.23 bits per heavy atom. The van der Waals surface area contributed by atoms with Crippen LogP contribution in [0.1, 0.15) is 12.5 Å². The van der Waals surface area contributed by atoms with E-state index in [1.807, 2.05) is 6.92 Å². The maximum atomic E-state index is 12.0. The third-order valence-corrected chi connectivity index (χ3v) is 1.43. The van der Waals surface area contributed by atoms with Gasteiger partial charge in [-0.3, -0.25) is 9.97 Å². The molecule has 13 heavy (non-hydrogen) atoms. The van der Waals surface area contributed by atoms with Gasteiger partial charge >= 0.3 is 58.4 Å². The van der Waals surface area contributed by atoms with Crippen LogP contribution < -0.4 is 57.1 Å². The molecular weight excluding hydrogens is 207 g/mol. The Morgan fingerprint density at radius 3 is 2.00 bits per heavy atom. The number of halogens is 3. The van der Waals surface area contributed by atoms with E-state index in [0.29, 0.717) is 12.0 Å². The first kappa shape index (κ1) is 13.6. The molecule has 1 rings (SSSR count). The Kier molecular flexibility index (Phi) is 5.69. The summed E-state index contributed by atoms with van der Waals surface area (Å²) in [6, 6.07) is 0. The molecule has 0 saturated carbocycles. The minimum Gasteiger partial charge on any atom is -0.443 e. The van der Waals surface area contributed by atoms with E-state index < -0.39 is 12.7 Å². The van der Waals surface area contributed by atoms with E-state index in [1.54, 1.807) is 0 Å². The third-order valence-electron chi connectivity index (χ3n) is 1.43. The number of hydrogen-bond acceptors (Lipinski definition) is 2. The molecule has 0 aliphatic rings. The fourth-order valence-corrected chi connectivity index (χ4v) is 0.716. The Hall–Kier alpha value is 0.571. The van der Waals surface area contributed by atoms with E-state index >= 15 is 0 Å². The standard InChI is InChI=1S/C6H7BF3N2.K/c1-2-5-3-11-6(12-4-5)7(8,9)10;/h3-4H,2H2,1H3;/q-1;+1. The molecule has 1 aromatic rings. The molecule has 66 valence electrons. The van der Waals surface area contributed by atoms with Crippen LogP contribution in [0.4, 0.5) is 12.9 Å². The van der Waals surface area contributed by atoms with Gasteiger partial charge in [0.05, 0.1) is 5.72 Å². The molecule has 7 heteroatoms. The van der Waals surface area contributed by atoms with Crippen molar-refractivity contribution in [2.45, 2.75) is 13.3 Å². The van der Waals surface area contributed by atoms with Crippen molar-refractivity contribution in [1.82, 2.24) is 9.97 Å². The second-order valence-corrected chi connectivity index (χ2v) is 2.38. The first-order valence-electron chi connectivity index (χ1n) is 3.54. The van der Waals surface area contributed by atoms with Crippen molar-refractivity contribution >= 4 is 12.7 Å². The van der Waals surface area contributed by atoms with Crippen molar-refractivity contribution in [3.63, 3.8) is 0 Å². The van der Waals surface area contributed by atoms with Crippen molar-refractivity contribution in [2.75, 3.05) is 0 Å². The Labute approximate surface area is 117 Å². The number of nitrogens with zero attached hydrogens (tertiary/aromatic N) is 2. The monoisotopic (exact) mass is 214 g/mol. The maximum Gasteiger partial charge on any atom is 1.00 e. The number of rotatable bonds is 2. The van der Waals surface area contributed by atoms with E-state index in [1.165, 1.54) is 12.4 Å². The number of hydrogen-bond donors (Lipinski definition) is 0. The summed E-state index contributed by atoms with van der Waals surface area (Å²) < 4.78 is 35.9. The zero-order valence-corrected chi connectivity index (χ0v) is 10.6. The molecule has 0 bridgehead atoms. The van der Waals surface area contributed by atoms with Gasteiger partial charge in [0.15, 0.2) is 0 Å². The first-order chi connectivity index (χ1) is 5.54. The predicted molar refractivity (Wildman–Crippen MR) is 40.1 cm³/mol. The molecule has 0 unspecified atom stereocenters. The summed E-state index contributed by atoms with van der Waals surface area (Å²) in [5.41, 5.74) is -0.314. The van der Waals surface area contributed by atoms with Crippen LogP contribution in [0.5, 0.6) is 0 Å². The normalized spacial score (nSPS) is 10.8. The minimum atomic E-state index is -5.05. The summed E-state index contributed by atoms with van der Waals surface area (Å²) in [5.74, 6) is 0. The van der Waals surface area contributed by atoms with Gasteiger partial charge in [-0.2, -0.15) is 0 Å². The molecule has 0 amide bonds. The molecule has 0 saturated heterocycles. The van der Waals surface area contributed by atoms with Crippen LogP contribution in [0.15, 0.2) is 12.4 Å². The minimum absolute atomic E-state index is 0. The van der Waals surface area contributed by atoms with E-state index in [9.17, 15) is 12.9 Å². The predicted octanol–water partition coefficient (Wildman–Crippen LogP) is -1.90. The summed E-state index contributed by atoms with van der Waals surface area (Å²) >= 11 is 0. The molecule has 1 aromatic heterocycles. The van der Waals surface area contributed by atoms with Gasteiger partial charge < -0.3 is 12.9 Å². The summed E-state index contributed by atoms with van der Waals surface area (Å²) in [7, 11) is 0. The van der Waals surface area contributed by atoms with Crippen molar-refractivity contribution in [2.24, 2.45) is 0 Å². The molecule has 0 N–H and O–H groups in total. The Morgan fingerprint density at radius 2 is 1.69 bits per heavy atom. The molecule has 0 spiro atoms. The Balaban J connectivity index is 0.00000144. The van der Waals surface area contributed by atoms with Gasteiger partial charge in [0.2, 0.25) is 0 Å². The van der Waals surface area contributed by atoms with E-state index in [2.05, 4.69) is 9.97 Å². The van der Waals surface area contributed by atoms with Crippen LogP contribution in [0.3, 0.4) is 0 Å². The Bertz CT molecular complexity index is 262. The van der Waals surface area contributed by atoms with Crippen LogP contribution in [0.2, 0.25) is 0 Å². The second kappa shape index (κ2) is 5.45. The van der Waals surface area contributed by atoms with Gasteiger partial charge in [-0.05, 0) is 12.0 Å². The smallest absolute Gasteiger partial charge is 0.443 e. The van der Waals surface area contributed by atoms with Crippen LogP contribution in [0, 0.1) is 0 Å². The van der Waals surface area contributed by atoms with Crippen molar-refractivity contribution in [3.05, 3.63) is 18.0 Å². The molecule has 0 aliphatic heterocycles. The zero-order valence-electron chi connectivity index (χ0n) is 7.47. The number of aromatic nitrogens is 2. The average Bonchev–Trinajstić information content (AvgIpc) is 2.03. The van der Waals surface area contributed by atoms with Crippen molar-refractivity contribution in [3.8, 4) is 0 Å². The summed E-state index contributed by atoms with van der Waals surface area (Å²) in [6.45, 7) is -3.22. The topological polar surface area (TPSA) is 25.8 Å². The van der Waals surface area contributed by atoms with Crippen LogP contribution in [-0.4, -0.2) is 16.9 Å². The van der Waals surface area contributed by atoms with Gasteiger partial charge in [-0.25, -0.2) is 0 Å². The fraction of sp³-hybridized carbons (Fsp3) is 0.333. The van der Waals surface area contributed by atoms with Gasteiger partial charge in [-0.15, -0.1) is 0 Å². The molecule has 0 radical (unpaired) electrons. The maximum absolute atomic E-state index is 12.0. The van der Waals surface area contributed by atoms with Crippen LogP contribution in [0.25, 0.3) is 0 Å². The SMILES string of the molecule is CCc1cnc([B-](F)(F)F)nc1.[K+]. The summed E-state index contributed by atoms with van der Waals surface area (Å²) in [5, 5.41) is 0. The second-order valence-electron chi connectivity index (χ2n) is 2.38. The molecule has 0 aromatic carbocycles. The average molecular weight is 214 g/mol. The summed E-state index contributed by atoms with van der Waals surface area (Å²) in [4.78, 5) is 6.42. The van der Waals surface area contributed by atoms with Gasteiger partial charge in [-0.1, -0.05) is 6.92 Å². The molecule has 0 fully saturated rings. The van der Waals surface area contributed by atoms with E-state index in [4.69, 9.17) is 0 Å². The van der Waals surface area contributed by atoms with Gasteiger partial charge in [0.1, 0.15) is 0 Å². The van der Waals surface area contributed by atoms with Gasteiger partial charge in [0, 0.05) is 12.4 Å². The largest absolute Gasteiger partial charge is 1.00 e. The van der Waals surface area contributed by atoms with Crippen molar-refractivity contribution < 1.29 is 64.3 Å². The quantitative estimate of drug-likeness (QED) is 0.537. The van der Waals surface area contributed by atoms with Crippen LogP contribution >= 0.6 is 0 Å².